The Labute approximate surface area is 86.9 Å². The monoisotopic (exact) mass is 238 g/mol. The van der Waals surface area contributed by atoms with E-state index in [4.69, 9.17) is 22.3 Å². The molecule has 13 heavy (non-hydrogen) atoms. The Bertz CT molecular complexity index is 412. The van der Waals surface area contributed by atoms with Gasteiger partial charge < -0.3 is 0 Å². The molecule has 0 saturated carbocycles. The second kappa shape index (κ2) is 3.86. The van der Waals surface area contributed by atoms with Gasteiger partial charge in [-0.3, -0.25) is 0 Å². The first-order chi connectivity index (χ1) is 5.95. The summed E-state index contributed by atoms with van der Waals surface area (Å²) in [6, 6.07) is 4.42. The van der Waals surface area contributed by atoms with Gasteiger partial charge in [0.25, 0.3) is 9.05 Å². The molecule has 1 aromatic rings. The Morgan fingerprint density at radius 1 is 1.38 bits per heavy atom. The number of benzene rings is 1. The van der Waals surface area contributed by atoms with E-state index in [1.54, 1.807) is 0 Å². The fourth-order valence-electron chi connectivity index (χ4n) is 0.974. The highest BCUT2D eigenvalue weighted by atomic mass is 35.7. The highest BCUT2D eigenvalue weighted by Gasteiger charge is 2.11. The van der Waals surface area contributed by atoms with Gasteiger partial charge in [0.05, 0.1) is 4.90 Å². The summed E-state index contributed by atoms with van der Waals surface area (Å²) in [5.74, 6) is 0. The van der Waals surface area contributed by atoms with Gasteiger partial charge in [-0.1, -0.05) is 18.5 Å². The van der Waals surface area contributed by atoms with Crippen molar-refractivity contribution >= 4 is 31.3 Å². The van der Waals surface area contributed by atoms with Crippen LogP contribution in [0.4, 0.5) is 0 Å². The lowest BCUT2D eigenvalue weighted by Crippen LogP contribution is -1.92. The smallest absolute Gasteiger partial charge is 0.207 e. The molecule has 0 bridgehead atoms. The summed E-state index contributed by atoms with van der Waals surface area (Å²) in [6.07, 6.45) is 0.680. The predicted molar refractivity (Wildman–Crippen MR) is 53.9 cm³/mol. The summed E-state index contributed by atoms with van der Waals surface area (Å²) in [5, 5.41) is 0.562. The molecule has 0 saturated heterocycles. The topological polar surface area (TPSA) is 34.1 Å². The standard InChI is InChI=1S/C8H8Cl2O2S/c1-2-6-5-7(13(10,11)12)3-4-8(6)9/h3-5H,2H2,1H3. The number of hydrogen-bond donors (Lipinski definition) is 0. The van der Waals surface area contributed by atoms with Crippen molar-refractivity contribution in [2.45, 2.75) is 18.2 Å². The van der Waals surface area contributed by atoms with Crippen LogP contribution >= 0.6 is 22.3 Å². The second-order valence-electron chi connectivity index (χ2n) is 2.54. The van der Waals surface area contributed by atoms with E-state index in [9.17, 15) is 8.42 Å². The molecule has 0 spiro atoms. The van der Waals surface area contributed by atoms with Crippen LogP contribution in [0.3, 0.4) is 0 Å². The number of aryl methyl sites for hydroxylation is 1. The minimum Gasteiger partial charge on any atom is -0.207 e. The molecule has 0 amide bonds. The van der Waals surface area contributed by atoms with Crippen molar-refractivity contribution in [3.63, 3.8) is 0 Å². The zero-order chi connectivity index (χ0) is 10.1. The molecule has 2 nitrogen and oxygen atoms in total. The molecule has 1 rings (SSSR count). The van der Waals surface area contributed by atoms with Crippen LogP contribution in [0.5, 0.6) is 0 Å². The molecule has 0 unspecified atom stereocenters. The Morgan fingerprint density at radius 2 is 2.00 bits per heavy atom. The van der Waals surface area contributed by atoms with E-state index in [0.29, 0.717) is 11.4 Å². The van der Waals surface area contributed by atoms with Crippen molar-refractivity contribution in [2.24, 2.45) is 0 Å². The summed E-state index contributed by atoms with van der Waals surface area (Å²) in [5.41, 5.74) is 0.781. The minimum absolute atomic E-state index is 0.0930. The first kappa shape index (κ1) is 10.8. The molecule has 0 aliphatic heterocycles. The van der Waals surface area contributed by atoms with Crippen LogP contribution in [0, 0.1) is 0 Å². The van der Waals surface area contributed by atoms with E-state index in [2.05, 4.69) is 0 Å². The predicted octanol–water partition coefficient (Wildman–Crippen LogP) is 2.83. The maximum absolute atomic E-state index is 10.9. The minimum atomic E-state index is -3.64. The third-order valence-electron chi connectivity index (χ3n) is 1.68. The summed E-state index contributed by atoms with van der Waals surface area (Å²) in [7, 11) is 1.53. The van der Waals surface area contributed by atoms with E-state index in [0.717, 1.165) is 5.56 Å². The first-order valence-electron chi connectivity index (χ1n) is 3.68. The zero-order valence-electron chi connectivity index (χ0n) is 6.92. The van der Waals surface area contributed by atoms with E-state index in [1.165, 1.54) is 18.2 Å². The van der Waals surface area contributed by atoms with Crippen LogP contribution in [-0.4, -0.2) is 8.42 Å². The van der Waals surface area contributed by atoms with E-state index >= 15 is 0 Å². The van der Waals surface area contributed by atoms with Gasteiger partial charge in [-0.05, 0) is 30.2 Å². The molecule has 0 fully saturated rings. The SMILES string of the molecule is CCc1cc(S(=O)(=O)Cl)ccc1Cl. The lowest BCUT2D eigenvalue weighted by Gasteiger charge is -2.02. The van der Waals surface area contributed by atoms with Gasteiger partial charge in [-0.15, -0.1) is 0 Å². The number of hydrogen-bond acceptors (Lipinski definition) is 2. The van der Waals surface area contributed by atoms with Gasteiger partial charge in [0.15, 0.2) is 0 Å². The summed E-state index contributed by atoms with van der Waals surface area (Å²) >= 11 is 5.81. The molecule has 0 atom stereocenters. The van der Waals surface area contributed by atoms with Crippen LogP contribution in [0.15, 0.2) is 23.1 Å². The van der Waals surface area contributed by atoms with Crippen LogP contribution < -0.4 is 0 Å². The van der Waals surface area contributed by atoms with Crippen molar-refractivity contribution in [2.75, 3.05) is 0 Å². The quantitative estimate of drug-likeness (QED) is 0.743. The van der Waals surface area contributed by atoms with Crippen molar-refractivity contribution in [3.8, 4) is 0 Å². The third-order valence-corrected chi connectivity index (χ3v) is 3.40. The fraction of sp³-hybridized carbons (Fsp3) is 0.250. The molecule has 1 aromatic carbocycles. The molecule has 72 valence electrons. The number of halogens is 2. The Hall–Kier alpha value is -0.250. The van der Waals surface area contributed by atoms with Crippen molar-refractivity contribution in [3.05, 3.63) is 28.8 Å². The Morgan fingerprint density at radius 3 is 2.46 bits per heavy atom. The molecule has 0 aromatic heterocycles. The average Bonchev–Trinajstić information content (AvgIpc) is 2.03. The first-order valence-corrected chi connectivity index (χ1v) is 6.37. The molecule has 0 aliphatic carbocycles. The normalized spacial score (nSPS) is 11.6. The van der Waals surface area contributed by atoms with Crippen molar-refractivity contribution < 1.29 is 8.42 Å². The molecule has 0 N–H and O–H groups in total. The summed E-state index contributed by atoms with van der Waals surface area (Å²) in [4.78, 5) is 0.0930. The molecule has 5 heteroatoms. The zero-order valence-corrected chi connectivity index (χ0v) is 9.25. The Balaban J connectivity index is 3.30. The van der Waals surface area contributed by atoms with E-state index in [1.807, 2.05) is 6.92 Å². The molecule has 0 aliphatic rings. The molecular weight excluding hydrogens is 231 g/mol. The summed E-state index contributed by atoms with van der Waals surface area (Å²) in [6.45, 7) is 1.89. The fourth-order valence-corrected chi connectivity index (χ4v) is 2.03. The second-order valence-corrected chi connectivity index (χ2v) is 5.52. The third kappa shape index (κ3) is 2.59. The van der Waals surface area contributed by atoms with Gasteiger partial charge in [0.2, 0.25) is 0 Å². The molecule has 0 radical (unpaired) electrons. The van der Waals surface area contributed by atoms with Crippen molar-refractivity contribution in [1.82, 2.24) is 0 Å². The van der Waals surface area contributed by atoms with Crippen LogP contribution in [0.25, 0.3) is 0 Å². The van der Waals surface area contributed by atoms with Gasteiger partial charge in [0.1, 0.15) is 0 Å². The van der Waals surface area contributed by atoms with E-state index in [-0.39, 0.29) is 4.90 Å². The van der Waals surface area contributed by atoms with E-state index < -0.39 is 9.05 Å². The highest BCUT2D eigenvalue weighted by molar-refractivity contribution is 8.13. The summed E-state index contributed by atoms with van der Waals surface area (Å²) < 4.78 is 21.9. The lowest BCUT2D eigenvalue weighted by molar-refractivity contribution is 0.609. The maximum Gasteiger partial charge on any atom is 0.261 e. The largest absolute Gasteiger partial charge is 0.261 e. The van der Waals surface area contributed by atoms with Crippen LogP contribution in [-0.2, 0) is 15.5 Å². The van der Waals surface area contributed by atoms with Crippen LogP contribution in [0.1, 0.15) is 12.5 Å². The average molecular weight is 239 g/mol. The lowest BCUT2D eigenvalue weighted by atomic mass is 10.2. The number of rotatable bonds is 2. The van der Waals surface area contributed by atoms with Crippen molar-refractivity contribution in [1.29, 1.82) is 0 Å². The van der Waals surface area contributed by atoms with Crippen LogP contribution in [0.2, 0.25) is 5.02 Å². The molecular formula is C8H8Cl2O2S. The highest BCUT2D eigenvalue weighted by Crippen LogP contribution is 2.22. The molecule has 0 heterocycles. The Kier molecular flexibility index (Phi) is 3.22. The van der Waals surface area contributed by atoms with Gasteiger partial charge in [0, 0.05) is 15.7 Å². The maximum atomic E-state index is 10.9. The van der Waals surface area contributed by atoms with Gasteiger partial charge in [-0.2, -0.15) is 0 Å². The van der Waals surface area contributed by atoms with Gasteiger partial charge >= 0.3 is 0 Å². The van der Waals surface area contributed by atoms with Gasteiger partial charge in [-0.25, -0.2) is 8.42 Å².